The number of carbonyl (C=O) groups excluding carboxylic acids is 1. The quantitative estimate of drug-likeness (QED) is 0.919. The highest BCUT2D eigenvalue weighted by molar-refractivity contribution is 5.94. The van der Waals surface area contributed by atoms with Gasteiger partial charge in [-0.15, -0.1) is 0 Å². The summed E-state index contributed by atoms with van der Waals surface area (Å²) in [4.78, 5) is 24.8. The van der Waals surface area contributed by atoms with Crippen LogP contribution in [0, 0.1) is 12.8 Å². The van der Waals surface area contributed by atoms with Crippen LogP contribution in [0.15, 0.2) is 24.3 Å². The van der Waals surface area contributed by atoms with Crippen LogP contribution >= 0.6 is 0 Å². The number of rotatable bonds is 4. The summed E-state index contributed by atoms with van der Waals surface area (Å²) in [5.41, 5.74) is 1.83. The molecule has 0 bridgehead atoms. The standard InChI is InChI=1S/C16H21NO3/c1-12-3-2-4-14(11-12)16(20)17-9-7-13(8-10-17)5-6-15(18)19/h2-4,11,13H,5-10H2,1H3,(H,18,19). The van der Waals surface area contributed by atoms with Crippen LogP contribution < -0.4 is 0 Å². The topological polar surface area (TPSA) is 57.6 Å². The number of aryl methyl sites for hydroxylation is 1. The molecular formula is C16H21NO3. The Hall–Kier alpha value is -1.84. The first-order valence-electron chi connectivity index (χ1n) is 7.14. The maximum absolute atomic E-state index is 12.4. The van der Waals surface area contributed by atoms with E-state index in [4.69, 9.17) is 5.11 Å². The van der Waals surface area contributed by atoms with E-state index in [1.54, 1.807) is 0 Å². The molecule has 1 aromatic rings. The zero-order chi connectivity index (χ0) is 14.5. The first-order chi connectivity index (χ1) is 9.56. The first-order valence-corrected chi connectivity index (χ1v) is 7.14. The van der Waals surface area contributed by atoms with E-state index in [9.17, 15) is 9.59 Å². The van der Waals surface area contributed by atoms with Crippen LogP contribution in [0.2, 0.25) is 0 Å². The van der Waals surface area contributed by atoms with Crippen molar-refractivity contribution in [3.63, 3.8) is 0 Å². The van der Waals surface area contributed by atoms with Gasteiger partial charge >= 0.3 is 5.97 Å². The zero-order valence-electron chi connectivity index (χ0n) is 11.8. The van der Waals surface area contributed by atoms with E-state index in [0.29, 0.717) is 5.92 Å². The highest BCUT2D eigenvalue weighted by atomic mass is 16.4. The summed E-state index contributed by atoms with van der Waals surface area (Å²) in [7, 11) is 0. The minimum absolute atomic E-state index is 0.0883. The van der Waals surface area contributed by atoms with Gasteiger partial charge in [0.2, 0.25) is 0 Å². The second-order valence-electron chi connectivity index (χ2n) is 5.54. The van der Waals surface area contributed by atoms with E-state index < -0.39 is 5.97 Å². The van der Waals surface area contributed by atoms with Crippen LogP contribution in [0.5, 0.6) is 0 Å². The maximum atomic E-state index is 12.4. The molecule has 4 heteroatoms. The molecule has 20 heavy (non-hydrogen) atoms. The fourth-order valence-electron chi connectivity index (χ4n) is 2.71. The van der Waals surface area contributed by atoms with Gasteiger partial charge < -0.3 is 10.0 Å². The van der Waals surface area contributed by atoms with E-state index in [1.807, 2.05) is 36.1 Å². The molecule has 0 aromatic heterocycles. The molecule has 1 heterocycles. The number of amides is 1. The predicted octanol–water partition coefficient (Wildman–Crippen LogP) is 2.71. The largest absolute Gasteiger partial charge is 0.481 e. The Kier molecular flexibility index (Phi) is 4.77. The van der Waals surface area contributed by atoms with Crippen LogP contribution in [0.25, 0.3) is 0 Å². The number of carboxylic acid groups (broad SMARTS) is 1. The fourth-order valence-corrected chi connectivity index (χ4v) is 2.71. The van der Waals surface area contributed by atoms with Crippen molar-refractivity contribution in [2.45, 2.75) is 32.6 Å². The second-order valence-corrected chi connectivity index (χ2v) is 5.54. The lowest BCUT2D eigenvalue weighted by atomic mass is 9.92. The lowest BCUT2D eigenvalue weighted by molar-refractivity contribution is -0.137. The van der Waals surface area contributed by atoms with Crippen molar-refractivity contribution >= 4 is 11.9 Å². The molecular weight excluding hydrogens is 254 g/mol. The highest BCUT2D eigenvalue weighted by Crippen LogP contribution is 2.23. The van der Waals surface area contributed by atoms with Crippen LogP contribution in [-0.2, 0) is 4.79 Å². The predicted molar refractivity (Wildman–Crippen MR) is 76.7 cm³/mol. The average Bonchev–Trinajstić information content (AvgIpc) is 2.45. The Labute approximate surface area is 119 Å². The number of likely N-dealkylation sites (tertiary alicyclic amines) is 1. The zero-order valence-corrected chi connectivity index (χ0v) is 11.8. The number of piperidine rings is 1. The van der Waals surface area contributed by atoms with Crippen LogP contribution in [0.3, 0.4) is 0 Å². The second kappa shape index (κ2) is 6.55. The molecule has 0 radical (unpaired) electrons. The molecule has 4 nitrogen and oxygen atoms in total. The Morgan fingerprint density at radius 3 is 2.60 bits per heavy atom. The van der Waals surface area contributed by atoms with E-state index in [2.05, 4.69) is 0 Å². The molecule has 0 aliphatic carbocycles. The summed E-state index contributed by atoms with van der Waals surface area (Å²) >= 11 is 0. The number of carboxylic acids is 1. The summed E-state index contributed by atoms with van der Waals surface area (Å²) in [6.45, 7) is 3.45. The molecule has 2 rings (SSSR count). The monoisotopic (exact) mass is 275 g/mol. The summed E-state index contributed by atoms with van der Waals surface area (Å²) in [5, 5.41) is 8.69. The minimum Gasteiger partial charge on any atom is -0.481 e. The van der Waals surface area contributed by atoms with Crippen molar-refractivity contribution in [3.05, 3.63) is 35.4 Å². The number of benzene rings is 1. The molecule has 0 spiro atoms. The van der Waals surface area contributed by atoms with Gasteiger partial charge in [-0.3, -0.25) is 9.59 Å². The Bertz CT molecular complexity index is 490. The third kappa shape index (κ3) is 3.83. The lowest BCUT2D eigenvalue weighted by Crippen LogP contribution is -2.38. The van der Waals surface area contributed by atoms with E-state index in [1.165, 1.54) is 0 Å². The smallest absolute Gasteiger partial charge is 0.303 e. The fraction of sp³-hybridized carbons (Fsp3) is 0.500. The number of nitrogens with zero attached hydrogens (tertiary/aromatic N) is 1. The van der Waals surface area contributed by atoms with Gasteiger partial charge in [-0.05, 0) is 44.2 Å². The van der Waals surface area contributed by atoms with Crippen molar-refractivity contribution < 1.29 is 14.7 Å². The van der Waals surface area contributed by atoms with Gasteiger partial charge in [-0.25, -0.2) is 0 Å². The Morgan fingerprint density at radius 1 is 1.30 bits per heavy atom. The summed E-state index contributed by atoms with van der Waals surface area (Å²) < 4.78 is 0. The van der Waals surface area contributed by atoms with Gasteiger partial charge in [0.25, 0.3) is 5.91 Å². The lowest BCUT2D eigenvalue weighted by Gasteiger charge is -2.32. The Morgan fingerprint density at radius 2 is 2.00 bits per heavy atom. The normalized spacial score (nSPS) is 16.1. The van der Waals surface area contributed by atoms with Crippen LogP contribution in [-0.4, -0.2) is 35.0 Å². The molecule has 0 unspecified atom stereocenters. The first kappa shape index (κ1) is 14.6. The van der Waals surface area contributed by atoms with Crippen molar-refractivity contribution in [3.8, 4) is 0 Å². The van der Waals surface area contributed by atoms with Crippen molar-refractivity contribution in [2.24, 2.45) is 5.92 Å². The van der Waals surface area contributed by atoms with Gasteiger partial charge in [0, 0.05) is 25.1 Å². The molecule has 108 valence electrons. The number of aliphatic carboxylic acids is 1. The number of hydrogen-bond donors (Lipinski definition) is 1. The maximum Gasteiger partial charge on any atom is 0.303 e. The van der Waals surface area contributed by atoms with Crippen molar-refractivity contribution in [2.75, 3.05) is 13.1 Å². The van der Waals surface area contributed by atoms with Gasteiger partial charge in [0.15, 0.2) is 0 Å². The molecule has 1 amide bonds. The van der Waals surface area contributed by atoms with Crippen molar-refractivity contribution in [1.82, 2.24) is 4.90 Å². The van der Waals surface area contributed by atoms with E-state index in [-0.39, 0.29) is 12.3 Å². The van der Waals surface area contributed by atoms with Gasteiger partial charge in [0.05, 0.1) is 0 Å². The Balaban J connectivity index is 1.87. The SMILES string of the molecule is Cc1cccc(C(=O)N2CCC(CCC(=O)O)CC2)c1. The molecule has 0 saturated carbocycles. The van der Waals surface area contributed by atoms with E-state index in [0.717, 1.165) is 43.5 Å². The number of carbonyl (C=O) groups is 2. The molecule has 1 N–H and O–H groups in total. The summed E-state index contributed by atoms with van der Waals surface area (Å²) in [6, 6.07) is 7.65. The van der Waals surface area contributed by atoms with Gasteiger partial charge in [-0.1, -0.05) is 17.7 Å². The molecule has 1 aliphatic heterocycles. The van der Waals surface area contributed by atoms with Gasteiger partial charge in [0.1, 0.15) is 0 Å². The molecule has 1 aromatic carbocycles. The third-order valence-corrected chi connectivity index (χ3v) is 3.93. The summed E-state index contributed by atoms with van der Waals surface area (Å²) in [6.07, 6.45) is 2.77. The highest BCUT2D eigenvalue weighted by Gasteiger charge is 2.23. The molecule has 0 atom stereocenters. The average molecular weight is 275 g/mol. The molecule has 1 fully saturated rings. The van der Waals surface area contributed by atoms with E-state index >= 15 is 0 Å². The molecule has 1 saturated heterocycles. The molecule has 1 aliphatic rings. The minimum atomic E-state index is -0.733. The number of hydrogen-bond acceptors (Lipinski definition) is 2. The van der Waals surface area contributed by atoms with Crippen molar-refractivity contribution in [1.29, 1.82) is 0 Å². The van der Waals surface area contributed by atoms with Crippen LogP contribution in [0.4, 0.5) is 0 Å². The van der Waals surface area contributed by atoms with Crippen LogP contribution in [0.1, 0.15) is 41.6 Å². The third-order valence-electron chi connectivity index (χ3n) is 3.93. The van der Waals surface area contributed by atoms with Gasteiger partial charge in [-0.2, -0.15) is 0 Å². The summed E-state index contributed by atoms with van der Waals surface area (Å²) in [5.74, 6) is -0.207.